The van der Waals surface area contributed by atoms with E-state index < -0.39 is 0 Å². The van der Waals surface area contributed by atoms with E-state index in [-0.39, 0.29) is 18.0 Å². The first-order valence-corrected chi connectivity index (χ1v) is 10.3. The molecule has 1 aromatic heterocycles. The summed E-state index contributed by atoms with van der Waals surface area (Å²) in [6.45, 7) is 4.19. The van der Waals surface area contributed by atoms with E-state index in [2.05, 4.69) is 56.8 Å². The summed E-state index contributed by atoms with van der Waals surface area (Å²) < 4.78 is 2.79. The molecule has 0 spiro atoms. The molecule has 1 amide bonds. The van der Waals surface area contributed by atoms with Crippen LogP contribution in [0.15, 0.2) is 41.1 Å². The fourth-order valence-electron chi connectivity index (χ4n) is 4.33. The van der Waals surface area contributed by atoms with Gasteiger partial charge < -0.3 is 9.88 Å². The second-order valence-corrected chi connectivity index (χ2v) is 8.52. The average Bonchev–Trinajstić information content (AvgIpc) is 3.15. The Morgan fingerprint density at radius 3 is 2.68 bits per heavy atom. The van der Waals surface area contributed by atoms with Gasteiger partial charge in [-0.1, -0.05) is 23.7 Å². The van der Waals surface area contributed by atoms with Crippen LogP contribution in [0.2, 0.25) is 5.02 Å². The molecule has 0 bridgehead atoms. The number of hydrogen-bond acceptors (Lipinski definition) is 3. The maximum Gasteiger partial charge on any atom is 0.279 e. The molecule has 0 saturated heterocycles. The van der Waals surface area contributed by atoms with Gasteiger partial charge in [-0.05, 0) is 65.2 Å². The van der Waals surface area contributed by atoms with Gasteiger partial charge in [-0.2, -0.15) is 0 Å². The average molecular weight is 458 g/mol. The van der Waals surface area contributed by atoms with Crippen LogP contribution >= 0.6 is 27.5 Å². The normalized spacial score (nSPS) is 16.7. The number of nitrogens with one attached hydrogen (secondary N) is 1. The van der Waals surface area contributed by atoms with Crippen molar-refractivity contribution in [2.75, 3.05) is 17.3 Å². The van der Waals surface area contributed by atoms with E-state index in [4.69, 9.17) is 11.6 Å². The molecule has 0 radical (unpaired) electrons. The van der Waals surface area contributed by atoms with Crippen molar-refractivity contribution in [3.05, 3.63) is 63.1 Å². The number of nitrogens with zero attached hydrogens (tertiary/aromatic N) is 3. The van der Waals surface area contributed by atoms with Gasteiger partial charge in [0, 0.05) is 29.4 Å². The van der Waals surface area contributed by atoms with Gasteiger partial charge in [-0.25, -0.2) is 4.98 Å². The summed E-state index contributed by atoms with van der Waals surface area (Å²) in [7, 11) is 1.90. The fraction of sp³-hybridized carbons (Fsp3) is 0.238. The van der Waals surface area contributed by atoms with Gasteiger partial charge in [0.15, 0.2) is 10.4 Å². The Morgan fingerprint density at radius 2 is 1.96 bits per heavy atom. The molecule has 5 rings (SSSR count). The molecule has 5 nitrogen and oxygen atoms in total. The zero-order valence-corrected chi connectivity index (χ0v) is 18.0. The molecule has 1 atom stereocenters. The molecule has 1 N–H and O–H groups in total. The van der Waals surface area contributed by atoms with Crippen LogP contribution in [0.3, 0.4) is 0 Å². The lowest BCUT2D eigenvalue weighted by Gasteiger charge is -2.35. The van der Waals surface area contributed by atoms with Gasteiger partial charge in [0.2, 0.25) is 0 Å². The summed E-state index contributed by atoms with van der Waals surface area (Å²) in [4.78, 5) is 19.8. The standard InChI is InChI=1S/C21H18BrClN4O/c1-10(2)26-19-17(25-21(26)22)20(28)27-16-8-11(23)4-6-13(16)15-9-12(24-3)5-7-14(15)18(19)27/h4-10,18,24H,1-3H3. The summed E-state index contributed by atoms with van der Waals surface area (Å²) >= 11 is 9.86. The number of carbonyl (C=O) groups is 1. The van der Waals surface area contributed by atoms with Gasteiger partial charge >= 0.3 is 0 Å². The Kier molecular flexibility index (Phi) is 3.87. The van der Waals surface area contributed by atoms with Gasteiger partial charge in [-0.15, -0.1) is 0 Å². The van der Waals surface area contributed by atoms with E-state index in [0.717, 1.165) is 33.8 Å². The highest BCUT2D eigenvalue weighted by Gasteiger charge is 2.47. The molecular weight excluding hydrogens is 440 g/mol. The third-order valence-corrected chi connectivity index (χ3v) is 6.30. The van der Waals surface area contributed by atoms with Crippen molar-refractivity contribution in [3.63, 3.8) is 0 Å². The maximum atomic E-state index is 13.4. The summed E-state index contributed by atoms with van der Waals surface area (Å²) in [5, 5.41) is 3.82. The molecular formula is C21H18BrClN4O. The van der Waals surface area contributed by atoms with E-state index in [1.165, 1.54) is 0 Å². The predicted octanol–water partition coefficient (Wildman–Crippen LogP) is 5.65. The molecule has 142 valence electrons. The Labute approximate surface area is 176 Å². The molecule has 0 fully saturated rings. The third kappa shape index (κ3) is 2.25. The lowest BCUT2D eigenvalue weighted by Crippen LogP contribution is -2.33. The number of carbonyl (C=O) groups excluding carboxylic acids is 1. The minimum atomic E-state index is -0.226. The highest BCUT2D eigenvalue weighted by Crippen LogP contribution is 2.53. The highest BCUT2D eigenvalue weighted by atomic mass is 79.9. The van der Waals surface area contributed by atoms with Crippen molar-refractivity contribution in [1.82, 2.24) is 9.55 Å². The van der Waals surface area contributed by atoms with Crippen molar-refractivity contribution < 1.29 is 4.79 Å². The zero-order valence-electron chi connectivity index (χ0n) is 15.6. The Morgan fingerprint density at radius 1 is 1.18 bits per heavy atom. The minimum Gasteiger partial charge on any atom is -0.388 e. The maximum absolute atomic E-state index is 13.4. The zero-order chi connectivity index (χ0) is 19.7. The number of rotatable bonds is 2. The van der Waals surface area contributed by atoms with Crippen LogP contribution in [0.25, 0.3) is 11.1 Å². The number of halogens is 2. The van der Waals surface area contributed by atoms with Crippen molar-refractivity contribution in [2.45, 2.75) is 25.9 Å². The van der Waals surface area contributed by atoms with Gasteiger partial charge in [0.1, 0.15) is 6.04 Å². The summed E-state index contributed by atoms with van der Waals surface area (Å²) in [5.41, 5.74) is 6.48. The molecule has 1 unspecified atom stereocenters. The topological polar surface area (TPSA) is 50.2 Å². The lowest BCUT2D eigenvalue weighted by molar-refractivity contribution is 0.0989. The third-order valence-electron chi connectivity index (χ3n) is 5.51. The molecule has 28 heavy (non-hydrogen) atoms. The molecule has 7 heteroatoms. The molecule has 3 aromatic rings. The predicted molar refractivity (Wildman–Crippen MR) is 115 cm³/mol. The van der Waals surface area contributed by atoms with Crippen LogP contribution in [-0.4, -0.2) is 22.5 Å². The monoisotopic (exact) mass is 456 g/mol. The first-order valence-electron chi connectivity index (χ1n) is 9.15. The van der Waals surface area contributed by atoms with Crippen molar-refractivity contribution in [2.24, 2.45) is 0 Å². The van der Waals surface area contributed by atoms with E-state index in [0.29, 0.717) is 15.5 Å². The smallest absolute Gasteiger partial charge is 0.279 e. The number of hydrogen-bond donors (Lipinski definition) is 1. The largest absolute Gasteiger partial charge is 0.388 e. The van der Waals surface area contributed by atoms with Crippen LogP contribution in [0.5, 0.6) is 0 Å². The molecule has 0 saturated carbocycles. The molecule has 2 aliphatic rings. The van der Waals surface area contributed by atoms with Gasteiger partial charge in [-0.3, -0.25) is 9.69 Å². The van der Waals surface area contributed by atoms with E-state index in [1.54, 1.807) is 0 Å². The first kappa shape index (κ1) is 17.8. The quantitative estimate of drug-likeness (QED) is 0.541. The number of benzene rings is 2. The number of anilines is 2. The second kappa shape index (κ2) is 6.09. The van der Waals surface area contributed by atoms with Gasteiger partial charge in [0.05, 0.1) is 11.4 Å². The van der Waals surface area contributed by atoms with Gasteiger partial charge in [0.25, 0.3) is 5.91 Å². The number of aromatic nitrogens is 2. The van der Waals surface area contributed by atoms with E-state index in [1.807, 2.05) is 36.2 Å². The van der Waals surface area contributed by atoms with Crippen LogP contribution in [0.1, 0.15) is 47.7 Å². The first-order chi connectivity index (χ1) is 13.4. The second-order valence-electron chi connectivity index (χ2n) is 7.37. The summed E-state index contributed by atoms with van der Waals surface area (Å²) in [6.07, 6.45) is 0. The number of amides is 1. The highest BCUT2D eigenvalue weighted by molar-refractivity contribution is 9.10. The number of imidazole rings is 1. The van der Waals surface area contributed by atoms with Crippen molar-refractivity contribution in [3.8, 4) is 11.1 Å². The van der Waals surface area contributed by atoms with Crippen molar-refractivity contribution in [1.29, 1.82) is 0 Å². The number of fused-ring (bicyclic) bond motifs is 8. The van der Waals surface area contributed by atoms with E-state index >= 15 is 0 Å². The van der Waals surface area contributed by atoms with Crippen LogP contribution in [0.4, 0.5) is 11.4 Å². The van der Waals surface area contributed by atoms with Crippen molar-refractivity contribution >= 4 is 44.8 Å². The molecule has 2 aromatic carbocycles. The van der Waals surface area contributed by atoms with Crippen LogP contribution in [0, 0.1) is 0 Å². The van der Waals surface area contributed by atoms with Crippen LogP contribution in [-0.2, 0) is 0 Å². The van der Waals surface area contributed by atoms with E-state index in [9.17, 15) is 4.79 Å². The molecule has 3 heterocycles. The Bertz CT molecular complexity index is 1150. The summed E-state index contributed by atoms with van der Waals surface area (Å²) in [6, 6.07) is 11.9. The molecule has 2 aliphatic heterocycles. The SMILES string of the molecule is CNc1ccc2c(c1)-c1ccc(Cl)cc1N1C(=O)c3nc(Br)n(C(C)C)c3C21. The lowest BCUT2D eigenvalue weighted by atomic mass is 9.87. The Hall–Kier alpha value is -2.31. The minimum absolute atomic E-state index is 0.0908. The molecule has 0 aliphatic carbocycles. The fourth-order valence-corrected chi connectivity index (χ4v) is 5.27. The summed E-state index contributed by atoms with van der Waals surface area (Å²) in [5.74, 6) is -0.0908. The Balaban J connectivity index is 1.86. The van der Waals surface area contributed by atoms with Crippen LogP contribution < -0.4 is 10.2 Å².